The Labute approximate surface area is 136 Å². The zero-order valence-electron chi connectivity index (χ0n) is 14.0. The number of fused-ring (bicyclic) bond motifs is 1. The first-order valence-corrected chi connectivity index (χ1v) is 8.19. The number of hydrogen-bond acceptors (Lipinski definition) is 3. The highest BCUT2D eigenvalue weighted by Gasteiger charge is 2.37. The van der Waals surface area contributed by atoms with Crippen molar-refractivity contribution in [2.24, 2.45) is 17.1 Å². The minimum absolute atomic E-state index is 0.0497. The third-order valence-electron chi connectivity index (χ3n) is 4.91. The third-order valence-corrected chi connectivity index (χ3v) is 4.91. The van der Waals surface area contributed by atoms with Gasteiger partial charge in [-0.2, -0.15) is 0 Å². The van der Waals surface area contributed by atoms with Crippen molar-refractivity contribution in [3.05, 3.63) is 23.2 Å². The number of nitrogens with two attached hydrogens (primary N) is 1. The average molecular weight is 319 g/mol. The molecule has 1 aromatic heterocycles. The Bertz CT molecular complexity index is 635. The Morgan fingerprint density at radius 3 is 2.83 bits per heavy atom. The van der Waals surface area contributed by atoms with Gasteiger partial charge in [-0.15, -0.1) is 0 Å². The predicted molar refractivity (Wildman–Crippen MR) is 85.7 cm³/mol. The molecule has 2 heterocycles. The summed E-state index contributed by atoms with van der Waals surface area (Å²) < 4.78 is 5.80. The standard InChI is InChI=1S/C17H25N3O3/c1-10-6-12-13(7-17(2,3)8-14(12)23-10)19-16(22)20-5-4-11(9-20)15(18)21/h6,11,13H,4-5,7-9H2,1-3H3,(H2,18,21)(H,19,22)/t11-,13+/m0/s1. The number of nitrogens with one attached hydrogen (secondary N) is 1. The lowest BCUT2D eigenvalue weighted by molar-refractivity contribution is -0.121. The van der Waals surface area contributed by atoms with Crippen LogP contribution in [0, 0.1) is 18.3 Å². The van der Waals surface area contributed by atoms with Crippen LogP contribution < -0.4 is 11.1 Å². The number of likely N-dealkylation sites (tertiary alicyclic amines) is 1. The lowest BCUT2D eigenvalue weighted by Gasteiger charge is -2.35. The molecule has 2 atom stereocenters. The minimum atomic E-state index is -0.327. The number of carbonyl (C=O) groups is 2. The lowest BCUT2D eigenvalue weighted by atomic mass is 9.75. The monoisotopic (exact) mass is 319 g/mol. The van der Waals surface area contributed by atoms with Gasteiger partial charge in [0.2, 0.25) is 5.91 Å². The number of urea groups is 1. The molecule has 1 aliphatic carbocycles. The van der Waals surface area contributed by atoms with Crippen LogP contribution in [0.3, 0.4) is 0 Å². The van der Waals surface area contributed by atoms with Crippen molar-refractivity contribution >= 4 is 11.9 Å². The summed E-state index contributed by atoms with van der Waals surface area (Å²) in [4.78, 5) is 25.5. The fourth-order valence-electron chi connectivity index (χ4n) is 3.73. The maximum absolute atomic E-state index is 12.5. The summed E-state index contributed by atoms with van der Waals surface area (Å²) in [7, 11) is 0. The van der Waals surface area contributed by atoms with E-state index in [0.29, 0.717) is 19.5 Å². The zero-order valence-corrected chi connectivity index (χ0v) is 14.0. The first kappa shape index (κ1) is 15.9. The molecule has 1 fully saturated rings. The SMILES string of the molecule is Cc1cc2c(o1)CC(C)(C)C[C@H]2NC(=O)N1CC[C@H](C(N)=O)C1. The van der Waals surface area contributed by atoms with E-state index in [1.807, 2.05) is 13.0 Å². The third kappa shape index (κ3) is 3.21. The molecule has 0 spiro atoms. The number of nitrogens with zero attached hydrogens (tertiary/aromatic N) is 1. The first-order valence-electron chi connectivity index (χ1n) is 8.19. The molecule has 1 aromatic rings. The van der Waals surface area contributed by atoms with Crippen LogP contribution in [0.5, 0.6) is 0 Å². The van der Waals surface area contributed by atoms with Crippen LogP contribution in [-0.4, -0.2) is 29.9 Å². The number of primary amides is 1. The maximum Gasteiger partial charge on any atom is 0.317 e. The van der Waals surface area contributed by atoms with E-state index < -0.39 is 0 Å². The summed E-state index contributed by atoms with van der Waals surface area (Å²) in [5.41, 5.74) is 6.50. The molecule has 0 unspecified atom stereocenters. The summed E-state index contributed by atoms with van der Waals surface area (Å²) in [6, 6.07) is 1.85. The summed E-state index contributed by atoms with van der Waals surface area (Å²) in [5, 5.41) is 3.12. The van der Waals surface area contributed by atoms with Crippen molar-refractivity contribution in [1.29, 1.82) is 0 Å². The highest BCUT2D eigenvalue weighted by atomic mass is 16.3. The Balaban J connectivity index is 1.72. The van der Waals surface area contributed by atoms with Gasteiger partial charge in [0.1, 0.15) is 11.5 Å². The van der Waals surface area contributed by atoms with Gasteiger partial charge in [0, 0.05) is 25.1 Å². The number of amides is 3. The van der Waals surface area contributed by atoms with E-state index in [1.165, 1.54) is 0 Å². The van der Waals surface area contributed by atoms with Crippen molar-refractivity contribution in [3.8, 4) is 0 Å². The smallest absolute Gasteiger partial charge is 0.317 e. The minimum Gasteiger partial charge on any atom is -0.466 e. The molecule has 1 saturated heterocycles. The molecular formula is C17H25N3O3. The predicted octanol–water partition coefficient (Wildman–Crippen LogP) is 2.12. The number of aryl methyl sites for hydroxylation is 1. The van der Waals surface area contributed by atoms with Gasteiger partial charge < -0.3 is 20.4 Å². The van der Waals surface area contributed by atoms with Crippen LogP contribution >= 0.6 is 0 Å². The molecule has 6 heteroatoms. The van der Waals surface area contributed by atoms with Crippen molar-refractivity contribution in [1.82, 2.24) is 10.2 Å². The van der Waals surface area contributed by atoms with Crippen molar-refractivity contribution in [2.45, 2.75) is 46.1 Å². The zero-order chi connectivity index (χ0) is 16.8. The number of hydrogen-bond donors (Lipinski definition) is 2. The lowest BCUT2D eigenvalue weighted by Crippen LogP contribution is -2.43. The van der Waals surface area contributed by atoms with Gasteiger partial charge in [-0.1, -0.05) is 13.8 Å². The van der Waals surface area contributed by atoms with Gasteiger partial charge in [0.05, 0.1) is 12.0 Å². The van der Waals surface area contributed by atoms with E-state index in [-0.39, 0.29) is 29.3 Å². The largest absolute Gasteiger partial charge is 0.466 e. The van der Waals surface area contributed by atoms with Gasteiger partial charge in [-0.25, -0.2) is 4.79 Å². The fourth-order valence-corrected chi connectivity index (χ4v) is 3.73. The molecule has 23 heavy (non-hydrogen) atoms. The van der Waals surface area contributed by atoms with E-state index >= 15 is 0 Å². The Kier molecular flexibility index (Phi) is 3.86. The molecule has 6 nitrogen and oxygen atoms in total. The van der Waals surface area contributed by atoms with E-state index in [1.54, 1.807) is 4.90 Å². The molecule has 0 bridgehead atoms. The van der Waals surface area contributed by atoms with Crippen LogP contribution in [0.15, 0.2) is 10.5 Å². The van der Waals surface area contributed by atoms with Crippen LogP contribution in [0.2, 0.25) is 0 Å². The second-order valence-electron chi connectivity index (χ2n) is 7.62. The molecule has 2 aliphatic rings. The summed E-state index contributed by atoms with van der Waals surface area (Å²) >= 11 is 0. The summed E-state index contributed by atoms with van der Waals surface area (Å²) in [6.07, 6.45) is 2.41. The molecule has 126 valence electrons. The van der Waals surface area contributed by atoms with Crippen LogP contribution in [0.1, 0.15) is 49.8 Å². The number of carbonyl (C=O) groups excluding carboxylic acids is 2. The van der Waals surface area contributed by atoms with E-state index in [0.717, 1.165) is 29.9 Å². The van der Waals surface area contributed by atoms with Gasteiger partial charge in [-0.05, 0) is 31.2 Å². The molecule has 0 aromatic carbocycles. The van der Waals surface area contributed by atoms with Gasteiger partial charge in [-0.3, -0.25) is 4.79 Å². The Morgan fingerprint density at radius 2 is 2.17 bits per heavy atom. The second kappa shape index (κ2) is 5.58. The van der Waals surface area contributed by atoms with Crippen molar-refractivity contribution < 1.29 is 14.0 Å². The molecule has 3 amide bonds. The van der Waals surface area contributed by atoms with Crippen LogP contribution in [0.4, 0.5) is 4.79 Å². The summed E-state index contributed by atoms with van der Waals surface area (Å²) in [6.45, 7) is 7.29. The van der Waals surface area contributed by atoms with Gasteiger partial charge in [0.15, 0.2) is 0 Å². The highest BCUT2D eigenvalue weighted by Crippen LogP contribution is 2.42. The van der Waals surface area contributed by atoms with E-state index in [9.17, 15) is 9.59 Å². The molecular weight excluding hydrogens is 294 g/mol. The molecule has 1 aliphatic heterocycles. The van der Waals surface area contributed by atoms with E-state index in [2.05, 4.69) is 19.2 Å². The van der Waals surface area contributed by atoms with Gasteiger partial charge in [0.25, 0.3) is 0 Å². The average Bonchev–Trinajstić information content (AvgIpc) is 3.03. The topological polar surface area (TPSA) is 88.6 Å². The summed E-state index contributed by atoms with van der Waals surface area (Å²) in [5.74, 6) is 1.30. The molecule has 3 N–H and O–H groups in total. The Hall–Kier alpha value is -1.98. The fraction of sp³-hybridized carbons (Fsp3) is 0.647. The Morgan fingerprint density at radius 1 is 1.43 bits per heavy atom. The number of furan rings is 1. The van der Waals surface area contributed by atoms with Crippen molar-refractivity contribution in [3.63, 3.8) is 0 Å². The highest BCUT2D eigenvalue weighted by molar-refractivity contribution is 5.80. The van der Waals surface area contributed by atoms with E-state index in [4.69, 9.17) is 10.2 Å². The number of rotatable bonds is 2. The van der Waals surface area contributed by atoms with Gasteiger partial charge >= 0.3 is 6.03 Å². The second-order valence-corrected chi connectivity index (χ2v) is 7.62. The normalized spacial score (nSPS) is 26.0. The van der Waals surface area contributed by atoms with Crippen LogP contribution in [-0.2, 0) is 11.2 Å². The first-order chi connectivity index (χ1) is 10.7. The molecule has 0 radical (unpaired) electrons. The maximum atomic E-state index is 12.5. The molecule has 0 saturated carbocycles. The van der Waals surface area contributed by atoms with Crippen LogP contribution in [0.25, 0.3) is 0 Å². The quantitative estimate of drug-likeness (QED) is 0.875. The van der Waals surface area contributed by atoms with Crippen molar-refractivity contribution in [2.75, 3.05) is 13.1 Å². The molecule has 3 rings (SSSR count).